The van der Waals surface area contributed by atoms with Crippen LogP contribution in [0.5, 0.6) is 11.5 Å². The zero-order chi connectivity index (χ0) is 18.1. The van der Waals surface area contributed by atoms with Gasteiger partial charge in [0.2, 0.25) is 0 Å². The second-order valence-corrected chi connectivity index (χ2v) is 5.82. The average Bonchev–Trinajstić information content (AvgIpc) is 2.44. The van der Waals surface area contributed by atoms with Crippen molar-refractivity contribution in [2.24, 2.45) is 0 Å². The van der Waals surface area contributed by atoms with Gasteiger partial charge in [0.25, 0.3) is 0 Å². The quantitative estimate of drug-likeness (QED) is 0.542. The Morgan fingerprint density at radius 3 is 2.38 bits per heavy atom. The van der Waals surface area contributed by atoms with Crippen molar-refractivity contribution in [3.63, 3.8) is 0 Å². The highest BCUT2D eigenvalue weighted by Gasteiger charge is 2.32. The molecule has 0 unspecified atom stereocenters. The first kappa shape index (κ1) is 18.2. The third kappa shape index (κ3) is 4.23. The molecule has 0 heterocycles. The van der Waals surface area contributed by atoms with Crippen molar-refractivity contribution >= 4 is 23.0 Å². The highest BCUT2D eigenvalue weighted by molar-refractivity contribution is 6.32. The summed E-state index contributed by atoms with van der Waals surface area (Å²) in [4.78, 5) is 0. The maximum atomic E-state index is 14.0. The zero-order valence-corrected chi connectivity index (χ0v) is 13.6. The van der Waals surface area contributed by atoms with Gasteiger partial charge in [-0.1, -0.05) is 11.6 Å². The van der Waals surface area contributed by atoms with E-state index in [9.17, 15) is 17.6 Å². The van der Waals surface area contributed by atoms with Gasteiger partial charge in [0.15, 0.2) is 11.6 Å². The van der Waals surface area contributed by atoms with Crippen molar-refractivity contribution in [1.29, 1.82) is 0 Å². The van der Waals surface area contributed by atoms with Crippen LogP contribution in [0.2, 0.25) is 5.02 Å². The summed E-state index contributed by atoms with van der Waals surface area (Å²) >= 11 is 5.74. The minimum Gasteiger partial charge on any atom is -0.453 e. The highest BCUT2D eigenvalue weighted by Crippen LogP contribution is 2.39. The summed E-state index contributed by atoms with van der Waals surface area (Å²) in [6.07, 6.45) is -4.70. The molecule has 0 spiro atoms. The van der Waals surface area contributed by atoms with Gasteiger partial charge in [-0.25, -0.2) is 4.39 Å². The van der Waals surface area contributed by atoms with Crippen molar-refractivity contribution in [1.82, 2.24) is 0 Å². The van der Waals surface area contributed by atoms with E-state index in [2.05, 4.69) is 5.32 Å². The molecular weight excluding hydrogens is 348 g/mol. The molecule has 0 bridgehead atoms. The van der Waals surface area contributed by atoms with E-state index < -0.39 is 28.3 Å². The van der Waals surface area contributed by atoms with E-state index in [1.54, 1.807) is 0 Å². The molecule has 0 aliphatic rings. The van der Waals surface area contributed by atoms with Crippen LogP contribution >= 0.6 is 11.6 Å². The largest absolute Gasteiger partial charge is 0.453 e. The first-order chi connectivity index (χ1) is 11.1. The second-order valence-electron chi connectivity index (χ2n) is 5.42. The van der Waals surface area contributed by atoms with E-state index in [1.165, 1.54) is 18.2 Å². The van der Waals surface area contributed by atoms with E-state index >= 15 is 0 Å². The summed E-state index contributed by atoms with van der Waals surface area (Å²) in [5.41, 5.74) is 5.65. The van der Waals surface area contributed by atoms with Crippen molar-refractivity contribution < 1.29 is 22.3 Å². The van der Waals surface area contributed by atoms with Gasteiger partial charge >= 0.3 is 6.18 Å². The molecule has 130 valence electrons. The lowest BCUT2D eigenvalue weighted by molar-refractivity contribution is -0.137. The lowest BCUT2D eigenvalue weighted by Gasteiger charge is -2.16. The molecule has 0 fully saturated rings. The molecule has 3 nitrogen and oxygen atoms in total. The van der Waals surface area contributed by atoms with Gasteiger partial charge < -0.3 is 15.8 Å². The number of hydrogen-bond donors (Lipinski definition) is 2. The summed E-state index contributed by atoms with van der Waals surface area (Å²) < 4.78 is 57.2. The van der Waals surface area contributed by atoms with E-state index in [1.807, 2.05) is 13.8 Å². The molecule has 0 saturated heterocycles. The first-order valence-electron chi connectivity index (χ1n) is 6.98. The molecule has 0 atom stereocenters. The molecule has 8 heteroatoms. The van der Waals surface area contributed by atoms with Crippen molar-refractivity contribution in [2.45, 2.75) is 26.1 Å². The number of nitrogens with two attached hydrogens (primary N) is 1. The van der Waals surface area contributed by atoms with Crippen LogP contribution in [0.15, 0.2) is 30.3 Å². The molecule has 0 saturated carbocycles. The van der Waals surface area contributed by atoms with Crippen LogP contribution in [-0.4, -0.2) is 6.04 Å². The molecule has 0 aliphatic heterocycles. The van der Waals surface area contributed by atoms with E-state index in [-0.39, 0.29) is 11.8 Å². The smallest absolute Gasteiger partial charge is 0.416 e. The third-order valence-electron chi connectivity index (χ3n) is 3.01. The second kappa shape index (κ2) is 6.76. The van der Waals surface area contributed by atoms with E-state index in [0.29, 0.717) is 23.5 Å². The molecule has 0 radical (unpaired) electrons. The highest BCUT2D eigenvalue weighted by atomic mass is 35.5. The van der Waals surface area contributed by atoms with Gasteiger partial charge in [-0.05, 0) is 38.1 Å². The summed E-state index contributed by atoms with van der Waals surface area (Å²) in [7, 11) is 0. The summed E-state index contributed by atoms with van der Waals surface area (Å²) in [6, 6.07) is 5.57. The normalized spacial score (nSPS) is 11.7. The number of nitrogens with one attached hydrogen (secondary N) is 1. The fourth-order valence-electron chi connectivity index (χ4n) is 1.97. The number of halogens is 5. The van der Waals surface area contributed by atoms with Gasteiger partial charge in [-0.2, -0.15) is 13.2 Å². The molecule has 0 aromatic heterocycles. The van der Waals surface area contributed by atoms with Gasteiger partial charge in [0.05, 0.1) is 22.0 Å². The van der Waals surface area contributed by atoms with Crippen LogP contribution in [0.25, 0.3) is 0 Å². The Morgan fingerprint density at radius 1 is 1.17 bits per heavy atom. The molecule has 0 amide bonds. The molecule has 2 aromatic carbocycles. The van der Waals surface area contributed by atoms with Gasteiger partial charge in [-0.3, -0.25) is 0 Å². The summed E-state index contributed by atoms with van der Waals surface area (Å²) in [5.74, 6) is -1.50. The topological polar surface area (TPSA) is 47.3 Å². The number of alkyl halides is 3. The number of anilines is 2. The van der Waals surface area contributed by atoms with Crippen molar-refractivity contribution in [3.8, 4) is 11.5 Å². The number of rotatable bonds is 4. The average molecular weight is 363 g/mol. The molecule has 2 rings (SSSR count). The van der Waals surface area contributed by atoms with Crippen LogP contribution < -0.4 is 15.8 Å². The lowest BCUT2D eigenvalue weighted by atomic mass is 10.2. The van der Waals surface area contributed by atoms with Crippen LogP contribution in [0.4, 0.5) is 28.9 Å². The minimum atomic E-state index is -4.70. The monoisotopic (exact) mass is 362 g/mol. The maximum absolute atomic E-state index is 14.0. The predicted molar refractivity (Wildman–Crippen MR) is 86.1 cm³/mol. The third-order valence-corrected chi connectivity index (χ3v) is 3.30. The zero-order valence-electron chi connectivity index (χ0n) is 12.8. The number of ether oxygens (including phenoxy) is 1. The SMILES string of the molecule is CC(C)Nc1cc(Oc2c(F)cc(C(F)(F)F)cc2Cl)ccc1N. The van der Waals surface area contributed by atoms with E-state index in [0.717, 1.165) is 0 Å². The van der Waals surface area contributed by atoms with Gasteiger partial charge in [0.1, 0.15) is 5.75 Å². The fourth-order valence-corrected chi connectivity index (χ4v) is 2.22. The molecule has 24 heavy (non-hydrogen) atoms. The summed E-state index contributed by atoms with van der Waals surface area (Å²) in [5, 5.41) is 2.60. The molecule has 0 aliphatic carbocycles. The number of hydrogen-bond acceptors (Lipinski definition) is 3. The molecular formula is C16H15ClF4N2O. The summed E-state index contributed by atoms with van der Waals surface area (Å²) in [6.45, 7) is 3.80. The van der Waals surface area contributed by atoms with Crippen molar-refractivity contribution in [2.75, 3.05) is 11.1 Å². The Balaban J connectivity index is 2.35. The van der Waals surface area contributed by atoms with Gasteiger partial charge in [-0.15, -0.1) is 0 Å². The maximum Gasteiger partial charge on any atom is 0.416 e. The Kier molecular flexibility index (Phi) is 5.13. The van der Waals surface area contributed by atoms with Crippen LogP contribution in [0, 0.1) is 5.82 Å². The van der Waals surface area contributed by atoms with Crippen LogP contribution in [0.3, 0.4) is 0 Å². The number of benzene rings is 2. The molecule has 3 N–H and O–H groups in total. The van der Waals surface area contributed by atoms with Crippen LogP contribution in [0.1, 0.15) is 19.4 Å². The Labute approximate surface area is 141 Å². The minimum absolute atomic E-state index is 0.0916. The Bertz CT molecular complexity index is 724. The van der Waals surface area contributed by atoms with Gasteiger partial charge in [0, 0.05) is 12.1 Å². The molecule has 2 aromatic rings. The number of nitrogen functional groups attached to an aromatic ring is 1. The standard InChI is InChI=1S/C16H15ClF4N2O/c1-8(2)23-14-7-10(3-4-13(14)22)24-15-11(17)5-9(6-12(15)18)16(19,20)21/h3-8,23H,22H2,1-2H3. The lowest BCUT2D eigenvalue weighted by Crippen LogP contribution is -2.11. The van der Waals surface area contributed by atoms with E-state index in [4.69, 9.17) is 22.1 Å². The predicted octanol–water partition coefficient (Wildman–Crippen LogP) is 5.69. The fraction of sp³-hybridized carbons (Fsp3) is 0.250. The Morgan fingerprint density at radius 2 is 1.83 bits per heavy atom. The first-order valence-corrected chi connectivity index (χ1v) is 7.36. The Hall–Kier alpha value is -2.15. The van der Waals surface area contributed by atoms with Crippen molar-refractivity contribution in [3.05, 3.63) is 46.7 Å². The van der Waals surface area contributed by atoms with Crippen LogP contribution in [-0.2, 0) is 6.18 Å².